The van der Waals surface area contributed by atoms with Gasteiger partial charge >= 0.3 is 0 Å². The van der Waals surface area contributed by atoms with Crippen LogP contribution in [0.3, 0.4) is 0 Å². The molecule has 1 atom stereocenters. The van der Waals surface area contributed by atoms with Gasteiger partial charge in [-0.2, -0.15) is 0 Å². The van der Waals surface area contributed by atoms with Crippen LogP contribution in [0.4, 0.5) is 5.95 Å². The Morgan fingerprint density at radius 3 is 2.86 bits per heavy atom. The molecule has 8 heteroatoms. The van der Waals surface area contributed by atoms with Gasteiger partial charge in [0.15, 0.2) is 5.65 Å². The third-order valence-corrected chi connectivity index (χ3v) is 4.02. The number of nitrogens with one attached hydrogen (secondary N) is 1. The maximum Gasteiger partial charge on any atom is 0.243 e. The fraction of sp³-hybridized carbons (Fsp3) is 0.143. The van der Waals surface area contributed by atoms with Crippen LogP contribution in [0.5, 0.6) is 0 Å². The second kappa shape index (κ2) is 4.74. The monoisotopic (exact) mass is 311 g/mol. The summed E-state index contributed by atoms with van der Waals surface area (Å²) in [5.41, 5.74) is 4.57. The zero-order valence-corrected chi connectivity index (χ0v) is 13.3. The van der Waals surface area contributed by atoms with E-state index in [1.165, 1.54) is 0 Å². The summed E-state index contributed by atoms with van der Waals surface area (Å²) < 4.78 is 3.78. The molecule has 0 saturated carbocycles. The summed E-state index contributed by atoms with van der Waals surface area (Å²) in [6.45, 7) is 1.97. The molecule has 4 aromatic heterocycles. The van der Waals surface area contributed by atoms with Crippen LogP contribution >= 0.6 is 9.39 Å². The van der Waals surface area contributed by atoms with Crippen molar-refractivity contribution in [2.45, 2.75) is 6.92 Å². The highest BCUT2D eigenvalue weighted by molar-refractivity contribution is 7.18. The van der Waals surface area contributed by atoms with Gasteiger partial charge in [-0.15, -0.1) is 5.10 Å². The number of imidazole rings is 1. The Kier molecular flexibility index (Phi) is 2.84. The zero-order valence-electron chi connectivity index (χ0n) is 12.1. The fourth-order valence-electron chi connectivity index (χ4n) is 2.51. The molecule has 1 N–H and O–H groups in total. The van der Waals surface area contributed by atoms with E-state index in [0.29, 0.717) is 5.95 Å². The lowest BCUT2D eigenvalue weighted by Gasteiger charge is -2.02. The quantitative estimate of drug-likeness (QED) is 0.575. The molecule has 4 aromatic rings. The van der Waals surface area contributed by atoms with E-state index in [1.54, 1.807) is 10.7 Å². The predicted molar refractivity (Wildman–Crippen MR) is 88.6 cm³/mol. The molecular formula is C14H14N7P. The lowest BCUT2D eigenvalue weighted by Crippen LogP contribution is -1.97. The van der Waals surface area contributed by atoms with Crippen molar-refractivity contribution in [1.29, 1.82) is 0 Å². The van der Waals surface area contributed by atoms with Crippen molar-refractivity contribution in [3.63, 3.8) is 0 Å². The molecule has 0 aromatic carbocycles. The molecule has 7 nitrogen and oxygen atoms in total. The minimum atomic E-state index is 0.547. The number of nitrogens with zero attached hydrogens (tertiary/aromatic N) is 6. The number of pyridine rings is 1. The van der Waals surface area contributed by atoms with Gasteiger partial charge in [0.2, 0.25) is 5.95 Å². The van der Waals surface area contributed by atoms with Crippen LogP contribution < -0.4 is 5.09 Å². The number of aromatic nitrogens is 6. The highest BCUT2D eigenvalue weighted by Crippen LogP contribution is 2.25. The van der Waals surface area contributed by atoms with E-state index in [9.17, 15) is 0 Å². The Labute approximate surface area is 128 Å². The first-order valence-corrected chi connectivity index (χ1v) is 7.36. The largest absolute Gasteiger partial charge is 0.338 e. The number of hydrogen-bond donors (Lipinski definition) is 1. The number of anilines is 1. The van der Waals surface area contributed by atoms with Gasteiger partial charge in [0.25, 0.3) is 0 Å². The lowest BCUT2D eigenvalue weighted by atomic mass is 10.2. The van der Waals surface area contributed by atoms with Gasteiger partial charge in [0.05, 0.1) is 17.4 Å². The first-order chi connectivity index (χ1) is 10.7. The molecule has 0 aliphatic heterocycles. The van der Waals surface area contributed by atoms with Crippen LogP contribution in [0.1, 0.15) is 5.82 Å². The average Bonchev–Trinajstić information content (AvgIpc) is 3.08. The molecule has 0 radical (unpaired) electrons. The van der Waals surface area contributed by atoms with E-state index in [2.05, 4.69) is 29.5 Å². The van der Waals surface area contributed by atoms with Crippen LogP contribution in [0, 0.1) is 6.92 Å². The van der Waals surface area contributed by atoms with Gasteiger partial charge in [-0.3, -0.25) is 0 Å². The van der Waals surface area contributed by atoms with Crippen molar-refractivity contribution in [3.05, 3.63) is 36.4 Å². The third-order valence-electron chi connectivity index (χ3n) is 3.76. The van der Waals surface area contributed by atoms with Crippen molar-refractivity contribution in [3.8, 4) is 11.3 Å². The molecule has 4 heterocycles. The maximum atomic E-state index is 4.74. The van der Waals surface area contributed by atoms with Crippen molar-refractivity contribution < 1.29 is 0 Å². The molecule has 0 aliphatic rings. The van der Waals surface area contributed by atoms with Crippen LogP contribution in [-0.4, -0.2) is 29.1 Å². The molecule has 0 amide bonds. The van der Waals surface area contributed by atoms with Gasteiger partial charge in [-0.05, 0) is 34.5 Å². The molecular weight excluding hydrogens is 297 g/mol. The van der Waals surface area contributed by atoms with Crippen LogP contribution in [-0.2, 0) is 7.05 Å². The topological polar surface area (TPSA) is 72.9 Å². The first kappa shape index (κ1) is 13.2. The highest BCUT2D eigenvalue weighted by atomic mass is 31.0. The van der Waals surface area contributed by atoms with Gasteiger partial charge in [-0.25, -0.2) is 19.5 Å². The summed E-state index contributed by atoms with van der Waals surface area (Å²) in [4.78, 5) is 13.5. The predicted octanol–water partition coefficient (Wildman–Crippen LogP) is 2.19. The Morgan fingerprint density at radius 1 is 1.18 bits per heavy atom. The average molecular weight is 311 g/mol. The fourth-order valence-corrected chi connectivity index (χ4v) is 2.64. The molecule has 4 rings (SSSR count). The smallest absolute Gasteiger partial charge is 0.243 e. The number of rotatable bonds is 2. The van der Waals surface area contributed by atoms with E-state index in [1.807, 2.05) is 42.9 Å². The summed E-state index contributed by atoms with van der Waals surface area (Å²) >= 11 is 0. The Balaban J connectivity index is 1.92. The first-order valence-electron chi connectivity index (χ1n) is 6.79. The van der Waals surface area contributed by atoms with E-state index in [4.69, 9.17) is 4.98 Å². The van der Waals surface area contributed by atoms with Crippen LogP contribution in [0.2, 0.25) is 0 Å². The molecule has 0 bridgehead atoms. The van der Waals surface area contributed by atoms with E-state index in [-0.39, 0.29) is 0 Å². The van der Waals surface area contributed by atoms with Gasteiger partial charge < -0.3 is 9.65 Å². The van der Waals surface area contributed by atoms with Gasteiger partial charge in [0.1, 0.15) is 11.3 Å². The molecule has 0 aliphatic carbocycles. The van der Waals surface area contributed by atoms with Crippen molar-refractivity contribution >= 4 is 32.0 Å². The molecule has 0 saturated heterocycles. The van der Waals surface area contributed by atoms with Crippen molar-refractivity contribution in [2.24, 2.45) is 7.05 Å². The number of aryl methyl sites for hydroxylation is 2. The van der Waals surface area contributed by atoms with Crippen molar-refractivity contribution in [2.75, 3.05) is 5.09 Å². The molecule has 22 heavy (non-hydrogen) atoms. The standard InChI is InChI=1S/C14H14N7P/c1-8-16-11-4-3-10(17-13(11)20(8)2)9-5-6-21-12(9)7-15-14(18-21)19-22/h3-7H,22H2,1-2H3,(H,18,19). The normalized spacial score (nSPS) is 11.4. The summed E-state index contributed by atoms with van der Waals surface area (Å²) in [6, 6.07) is 5.97. The van der Waals surface area contributed by atoms with Crippen molar-refractivity contribution in [1.82, 2.24) is 29.1 Å². The van der Waals surface area contributed by atoms with Crippen LogP contribution in [0.15, 0.2) is 30.6 Å². The zero-order chi connectivity index (χ0) is 15.3. The molecule has 0 spiro atoms. The second-order valence-electron chi connectivity index (χ2n) is 5.04. The minimum absolute atomic E-state index is 0.547. The van der Waals surface area contributed by atoms with Gasteiger partial charge in [-0.1, -0.05) is 0 Å². The molecule has 1 unspecified atom stereocenters. The lowest BCUT2D eigenvalue weighted by molar-refractivity contribution is 0.874. The Morgan fingerprint density at radius 2 is 2.05 bits per heavy atom. The Hall–Kier alpha value is -2.53. The number of fused-ring (bicyclic) bond motifs is 2. The maximum absolute atomic E-state index is 4.74. The van der Waals surface area contributed by atoms with Gasteiger partial charge in [0, 0.05) is 18.8 Å². The SMILES string of the molecule is Cc1nc2ccc(-c3ccn4nc(NP)ncc34)nc2n1C. The summed E-state index contributed by atoms with van der Waals surface area (Å²) in [5, 5.41) is 7.20. The molecule has 110 valence electrons. The highest BCUT2D eigenvalue weighted by Gasteiger charge is 2.12. The van der Waals surface area contributed by atoms with E-state index >= 15 is 0 Å². The minimum Gasteiger partial charge on any atom is -0.338 e. The number of hydrogen-bond acceptors (Lipinski definition) is 5. The summed E-state index contributed by atoms with van der Waals surface area (Å²) in [7, 11) is 4.36. The Bertz CT molecular complexity index is 1000. The van der Waals surface area contributed by atoms with Crippen LogP contribution in [0.25, 0.3) is 27.9 Å². The molecule has 0 fully saturated rings. The second-order valence-corrected chi connectivity index (χ2v) is 5.33. The third kappa shape index (κ3) is 1.86. The summed E-state index contributed by atoms with van der Waals surface area (Å²) in [6.07, 6.45) is 3.69. The summed E-state index contributed by atoms with van der Waals surface area (Å²) in [5.74, 6) is 1.49. The van der Waals surface area contributed by atoms with E-state index in [0.717, 1.165) is 33.8 Å². The van der Waals surface area contributed by atoms with E-state index < -0.39 is 0 Å².